The molecule has 204 valence electrons. The number of ether oxygens (including phenoxy) is 1. The van der Waals surface area contributed by atoms with Gasteiger partial charge in [-0.1, -0.05) is 103 Å². The topological polar surface area (TPSA) is 114 Å². The molecular formula is C28H46N2O6. The smallest absolute Gasteiger partial charge is 0.302 e. The van der Waals surface area contributed by atoms with Gasteiger partial charge in [0.25, 0.3) is 5.91 Å². The highest BCUT2D eigenvalue weighted by Crippen LogP contribution is 2.22. The SMILES string of the molecule is CCCCCCCCC[C@@H](C(=O)N[C@H](COC(C)=O)C(C)(C)C)[C@H](O)C(=O)NOCc1ccccc1. The lowest BCUT2D eigenvalue weighted by atomic mass is 9.86. The van der Waals surface area contributed by atoms with Crippen LogP contribution >= 0.6 is 0 Å². The van der Waals surface area contributed by atoms with Crippen LogP contribution in [0.4, 0.5) is 0 Å². The highest BCUT2D eigenvalue weighted by molar-refractivity contribution is 5.88. The number of rotatable bonds is 17. The molecule has 0 aliphatic carbocycles. The van der Waals surface area contributed by atoms with Gasteiger partial charge in [0.05, 0.1) is 18.6 Å². The summed E-state index contributed by atoms with van der Waals surface area (Å²) < 4.78 is 5.14. The second-order valence-corrected chi connectivity index (χ2v) is 10.4. The summed E-state index contributed by atoms with van der Waals surface area (Å²) >= 11 is 0. The van der Waals surface area contributed by atoms with E-state index < -0.39 is 41.3 Å². The van der Waals surface area contributed by atoms with Gasteiger partial charge in [-0.25, -0.2) is 5.48 Å². The predicted molar refractivity (Wildman–Crippen MR) is 139 cm³/mol. The van der Waals surface area contributed by atoms with Gasteiger partial charge in [0.1, 0.15) is 12.7 Å². The van der Waals surface area contributed by atoms with Gasteiger partial charge in [-0.2, -0.15) is 0 Å². The summed E-state index contributed by atoms with van der Waals surface area (Å²) in [5.74, 6) is -2.60. The van der Waals surface area contributed by atoms with Gasteiger partial charge in [0, 0.05) is 6.92 Å². The number of unbranched alkanes of at least 4 members (excludes halogenated alkanes) is 6. The molecule has 0 bridgehead atoms. The lowest BCUT2D eigenvalue weighted by Crippen LogP contribution is -2.52. The maximum atomic E-state index is 13.3. The van der Waals surface area contributed by atoms with Crippen molar-refractivity contribution < 1.29 is 29.1 Å². The molecular weight excluding hydrogens is 460 g/mol. The van der Waals surface area contributed by atoms with Crippen molar-refractivity contribution in [3.63, 3.8) is 0 Å². The van der Waals surface area contributed by atoms with Crippen LogP contribution in [-0.2, 0) is 30.6 Å². The average Bonchev–Trinajstić information content (AvgIpc) is 2.82. The van der Waals surface area contributed by atoms with E-state index in [1.807, 2.05) is 51.1 Å². The first kappa shape index (κ1) is 31.6. The van der Waals surface area contributed by atoms with Crippen LogP contribution in [0, 0.1) is 11.3 Å². The van der Waals surface area contributed by atoms with Crippen molar-refractivity contribution in [2.45, 2.75) is 105 Å². The van der Waals surface area contributed by atoms with E-state index in [1.54, 1.807) is 0 Å². The first-order chi connectivity index (χ1) is 17.1. The number of benzene rings is 1. The Morgan fingerprint density at radius 1 is 0.944 bits per heavy atom. The lowest BCUT2D eigenvalue weighted by molar-refractivity contribution is -0.151. The fourth-order valence-corrected chi connectivity index (χ4v) is 3.75. The highest BCUT2D eigenvalue weighted by Gasteiger charge is 2.35. The fraction of sp³-hybridized carbons (Fsp3) is 0.679. The zero-order chi connectivity index (χ0) is 27.0. The zero-order valence-electron chi connectivity index (χ0n) is 22.7. The van der Waals surface area contributed by atoms with Crippen molar-refractivity contribution in [1.29, 1.82) is 0 Å². The lowest BCUT2D eigenvalue weighted by Gasteiger charge is -2.33. The molecule has 0 aliphatic heterocycles. The van der Waals surface area contributed by atoms with Crippen molar-refractivity contribution in [2.75, 3.05) is 6.61 Å². The Hall–Kier alpha value is -2.45. The van der Waals surface area contributed by atoms with E-state index in [-0.39, 0.29) is 13.2 Å². The quantitative estimate of drug-likeness (QED) is 0.163. The summed E-state index contributed by atoms with van der Waals surface area (Å²) in [4.78, 5) is 42.5. The van der Waals surface area contributed by atoms with E-state index in [2.05, 4.69) is 17.7 Å². The highest BCUT2D eigenvalue weighted by atomic mass is 16.7. The number of esters is 1. The third-order valence-corrected chi connectivity index (χ3v) is 6.17. The van der Waals surface area contributed by atoms with E-state index in [0.717, 1.165) is 24.8 Å². The minimum absolute atomic E-state index is 0.0111. The van der Waals surface area contributed by atoms with Crippen molar-refractivity contribution in [2.24, 2.45) is 11.3 Å². The standard InChI is InChI=1S/C28H46N2O6/c1-6-7-8-9-10-11-15-18-23(26(33)29-24(28(3,4)5)20-35-21(2)31)25(32)27(34)30-36-19-22-16-13-12-14-17-22/h12-14,16-17,23-25,32H,6-11,15,18-20H2,1-5H3,(H,29,33)(H,30,34)/t23-,24-,25+/m1/s1. The first-order valence-corrected chi connectivity index (χ1v) is 13.1. The first-order valence-electron chi connectivity index (χ1n) is 13.1. The Kier molecular flexibility index (Phi) is 15.0. The Bertz CT molecular complexity index is 778. The third-order valence-electron chi connectivity index (χ3n) is 6.17. The molecule has 1 rings (SSSR count). The van der Waals surface area contributed by atoms with Crippen molar-refractivity contribution in [3.8, 4) is 0 Å². The van der Waals surface area contributed by atoms with Gasteiger partial charge >= 0.3 is 5.97 Å². The minimum Gasteiger partial charge on any atom is -0.464 e. The van der Waals surface area contributed by atoms with E-state index in [9.17, 15) is 19.5 Å². The number of aliphatic hydroxyl groups is 1. The molecule has 0 fully saturated rings. The normalized spacial score (nSPS) is 13.9. The number of aliphatic hydroxyl groups excluding tert-OH is 1. The molecule has 8 heteroatoms. The van der Waals surface area contributed by atoms with Crippen LogP contribution in [0.2, 0.25) is 0 Å². The molecule has 36 heavy (non-hydrogen) atoms. The van der Waals surface area contributed by atoms with Gasteiger partial charge < -0.3 is 15.2 Å². The molecule has 0 radical (unpaired) electrons. The number of hydrogen-bond donors (Lipinski definition) is 3. The number of hydroxylamine groups is 1. The van der Waals surface area contributed by atoms with Gasteiger partial charge in [0.2, 0.25) is 5.91 Å². The largest absolute Gasteiger partial charge is 0.464 e. The van der Waals surface area contributed by atoms with Crippen LogP contribution in [-0.4, -0.2) is 41.6 Å². The molecule has 1 aromatic rings. The van der Waals surface area contributed by atoms with Crippen LogP contribution in [0.5, 0.6) is 0 Å². The number of hydrogen-bond acceptors (Lipinski definition) is 6. The second-order valence-electron chi connectivity index (χ2n) is 10.4. The molecule has 0 aliphatic rings. The number of amides is 2. The van der Waals surface area contributed by atoms with E-state index in [0.29, 0.717) is 12.8 Å². The number of carbonyl (C=O) groups is 3. The summed E-state index contributed by atoms with van der Waals surface area (Å²) in [7, 11) is 0. The summed E-state index contributed by atoms with van der Waals surface area (Å²) in [6.07, 6.45) is 6.18. The molecule has 3 N–H and O–H groups in total. The molecule has 1 aromatic carbocycles. The number of carbonyl (C=O) groups excluding carboxylic acids is 3. The molecule has 0 unspecified atom stereocenters. The van der Waals surface area contributed by atoms with Crippen LogP contribution in [0.1, 0.15) is 91.5 Å². The molecule has 3 atom stereocenters. The Morgan fingerprint density at radius 2 is 1.56 bits per heavy atom. The zero-order valence-corrected chi connectivity index (χ0v) is 22.7. The van der Waals surface area contributed by atoms with Crippen molar-refractivity contribution in [3.05, 3.63) is 35.9 Å². The van der Waals surface area contributed by atoms with Crippen LogP contribution in [0.3, 0.4) is 0 Å². The monoisotopic (exact) mass is 506 g/mol. The molecule has 0 aromatic heterocycles. The maximum Gasteiger partial charge on any atom is 0.302 e. The van der Waals surface area contributed by atoms with Crippen molar-refractivity contribution >= 4 is 17.8 Å². The van der Waals surface area contributed by atoms with E-state index >= 15 is 0 Å². The molecule has 8 nitrogen and oxygen atoms in total. The van der Waals surface area contributed by atoms with Gasteiger partial charge in [0.15, 0.2) is 0 Å². The summed E-state index contributed by atoms with van der Waals surface area (Å²) in [5, 5.41) is 13.7. The van der Waals surface area contributed by atoms with Gasteiger partial charge in [-0.05, 0) is 17.4 Å². The summed E-state index contributed by atoms with van der Waals surface area (Å²) in [5.41, 5.74) is 2.74. The molecule has 2 amide bonds. The second kappa shape index (κ2) is 17.1. The minimum atomic E-state index is -1.57. The van der Waals surface area contributed by atoms with E-state index in [4.69, 9.17) is 9.57 Å². The van der Waals surface area contributed by atoms with Crippen LogP contribution in [0.15, 0.2) is 30.3 Å². The van der Waals surface area contributed by atoms with Crippen LogP contribution < -0.4 is 10.8 Å². The maximum absolute atomic E-state index is 13.3. The Labute approximate surface area is 216 Å². The van der Waals surface area contributed by atoms with Gasteiger partial charge in [-0.3, -0.25) is 19.2 Å². The summed E-state index contributed by atoms with van der Waals surface area (Å²) in [6.45, 7) is 9.41. The molecule has 0 saturated heterocycles. The Balaban J connectivity index is 2.79. The molecule has 0 saturated carbocycles. The fourth-order valence-electron chi connectivity index (χ4n) is 3.75. The molecule has 0 spiro atoms. The third kappa shape index (κ3) is 13.0. The molecule has 0 heterocycles. The van der Waals surface area contributed by atoms with E-state index in [1.165, 1.54) is 26.2 Å². The summed E-state index contributed by atoms with van der Waals surface area (Å²) in [6, 6.07) is 8.84. The Morgan fingerprint density at radius 3 is 2.14 bits per heavy atom. The van der Waals surface area contributed by atoms with Crippen LogP contribution in [0.25, 0.3) is 0 Å². The average molecular weight is 507 g/mol. The number of nitrogens with one attached hydrogen (secondary N) is 2. The van der Waals surface area contributed by atoms with Gasteiger partial charge in [-0.15, -0.1) is 0 Å². The predicted octanol–water partition coefficient (Wildman–Crippen LogP) is 4.45. The van der Waals surface area contributed by atoms with Crippen molar-refractivity contribution in [1.82, 2.24) is 10.8 Å².